The lowest BCUT2D eigenvalue weighted by molar-refractivity contribution is 0.181. The van der Waals surface area contributed by atoms with Crippen LogP contribution >= 0.6 is 12.2 Å². The zero-order chi connectivity index (χ0) is 12.4. The maximum atomic E-state index is 13.3. The molecular formula is C12H15FN2OS. The SMILES string of the molecule is COCCC(C)n1c(=S)[nH]c2ccc(F)cc21. The summed E-state index contributed by atoms with van der Waals surface area (Å²) in [6.45, 7) is 2.71. The topological polar surface area (TPSA) is 29.9 Å². The summed E-state index contributed by atoms with van der Waals surface area (Å²) in [6, 6.07) is 4.82. The van der Waals surface area contributed by atoms with E-state index in [9.17, 15) is 4.39 Å². The summed E-state index contributed by atoms with van der Waals surface area (Å²) in [6.07, 6.45) is 0.842. The maximum absolute atomic E-state index is 13.3. The Morgan fingerprint density at radius 2 is 2.29 bits per heavy atom. The van der Waals surface area contributed by atoms with Crippen molar-refractivity contribution in [3.63, 3.8) is 0 Å². The molecule has 0 saturated heterocycles. The predicted molar refractivity (Wildman–Crippen MR) is 68.3 cm³/mol. The summed E-state index contributed by atoms with van der Waals surface area (Å²) < 4.78 is 20.9. The number of fused-ring (bicyclic) bond motifs is 1. The van der Waals surface area contributed by atoms with Crippen molar-refractivity contribution in [3.05, 3.63) is 28.8 Å². The third-order valence-corrected chi connectivity index (χ3v) is 3.16. The van der Waals surface area contributed by atoms with Crippen molar-refractivity contribution in [2.75, 3.05) is 13.7 Å². The van der Waals surface area contributed by atoms with Gasteiger partial charge in [-0.1, -0.05) is 0 Å². The van der Waals surface area contributed by atoms with Crippen molar-refractivity contribution < 1.29 is 9.13 Å². The van der Waals surface area contributed by atoms with E-state index in [2.05, 4.69) is 4.98 Å². The van der Waals surface area contributed by atoms with Gasteiger partial charge in [-0.2, -0.15) is 0 Å². The molecule has 0 radical (unpaired) electrons. The molecule has 0 aliphatic rings. The van der Waals surface area contributed by atoms with Crippen molar-refractivity contribution in [3.8, 4) is 0 Å². The Hall–Kier alpha value is -1.20. The number of imidazole rings is 1. The second-order valence-corrected chi connectivity index (χ2v) is 4.48. The van der Waals surface area contributed by atoms with Gasteiger partial charge in [-0.05, 0) is 43.8 Å². The number of rotatable bonds is 4. The highest BCUT2D eigenvalue weighted by molar-refractivity contribution is 7.71. The van der Waals surface area contributed by atoms with Crippen LogP contribution in [0.15, 0.2) is 18.2 Å². The maximum Gasteiger partial charge on any atom is 0.178 e. The Kier molecular flexibility index (Phi) is 3.59. The van der Waals surface area contributed by atoms with Gasteiger partial charge in [0.2, 0.25) is 0 Å². The van der Waals surface area contributed by atoms with Gasteiger partial charge in [0.1, 0.15) is 5.82 Å². The predicted octanol–water partition coefficient (Wildman–Crippen LogP) is 3.44. The lowest BCUT2D eigenvalue weighted by atomic mass is 10.2. The highest BCUT2D eigenvalue weighted by Crippen LogP contribution is 2.21. The van der Waals surface area contributed by atoms with Gasteiger partial charge in [0.25, 0.3) is 0 Å². The zero-order valence-electron chi connectivity index (χ0n) is 9.87. The number of aromatic amines is 1. The van der Waals surface area contributed by atoms with E-state index in [0.29, 0.717) is 11.4 Å². The Morgan fingerprint density at radius 1 is 1.53 bits per heavy atom. The fourth-order valence-electron chi connectivity index (χ4n) is 1.95. The molecule has 92 valence electrons. The highest BCUT2D eigenvalue weighted by atomic mass is 32.1. The quantitative estimate of drug-likeness (QED) is 0.847. The van der Waals surface area contributed by atoms with Gasteiger partial charge >= 0.3 is 0 Å². The largest absolute Gasteiger partial charge is 0.385 e. The minimum absolute atomic E-state index is 0.179. The molecule has 1 atom stereocenters. The lowest BCUT2D eigenvalue weighted by Crippen LogP contribution is -2.08. The standard InChI is InChI=1S/C12H15FN2OS/c1-8(5-6-16-2)15-11-7-9(13)3-4-10(11)14-12(15)17/h3-4,7-8H,5-6H2,1-2H3,(H,14,17). The average Bonchev–Trinajstić information content (AvgIpc) is 2.61. The van der Waals surface area contributed by atoms with Gasteiger partial charge in [-0.25, -0.2) is 4.39 Å². The number of aromatic nitrogens is 2. The second kappa shape index (κ2) is 4.98. The molecule has 17 heavy (non-hydrogen) atoms. The van der Waals surface area contributed by atoms with Crippen LogP contribution in [0.3, 0.4) is 0 Å². The van der Waals surface area contributed by atoms with E-state index >= 15 is 0 Å². The lowest BCUT2D eigenvalue weighted by Gasteiger charge is -2.13. The van der Waals surface area contributed by atoms with E-state index in [1.807, 2.05) is 11.5 Å². The van der Waals surface area contributed by atoms with Gasteiger partial charge in [0, 0.05) is 19.8 Å². The fraction of sp³-hybridized carbons (Fsp3) is 0.417. The molecule has 0 amide bonds. The van der Waals surface area contributed by atoms with E-state index in [1.54, 1.807) is 13.2 Å². The molecule has 1 heterocycles. The molecule has 0 bridgehead atoms. The molecule has 1 unspecified atom stereocenters. The molecule has 0 fully saturated rings. The summed E-state index contributed by atoms with van der Waals surface area (Å²) in [5.74, 6) is -0.251. The van der Waals surface area contributed by atoms with Crippen molar-refractivity contribution >= 4 is 23.3 Å². The third-order valence-electron chi connectivity index (χ3n) is 2.86. The number of hydrogen-bond acceptors (Lipinski definition) is 2. The minimum Gasteiger partial charge on any atom is -0.385 e. The summed E-state index contributed by atoms with van der Waals surface area (Å²) in [7, 11) is 1.67. The fourth-order valence-corrected chi connectivity index (χ4v) is 2.34. The molecule has 1 N–H and O–H groups in total. The normalized spacial score (nSPS) is 13.1. The van der Waals surface area contributed by atoms with Crippen molar-refractivity contribution in [1.82, 2.24) is 9.55 Å². The number of nitrogens with one attached hydrogen (secondary N) is 1. The first kappa shape index (κ1) is 12.3. The molecule has 3 nitrogen and oxygen atoms in total. The summed E-state index contributed by atoms with van der Waals surface area (Å²) in [5, 5.41) is 0. The van der Waals surface area contributed by atoms with Crippen LogP contribution in [0, 0.1) is 10.6 Å². The van der Waals surface area contributed by atoms with Crippen LogP contribution in [-0.4, -0.2) is 23.3 Å². The first-order chi connectivity index (χ1) is 8.13. The van der Waals surface area contributed by atoms with Crippen LogP contribution in [-0.2, 0) is 4.74 Å². The molecule has 1 aromatic carbocycles. The van der Waals surface area contributed by atoms with E-state index in [-0.39, 0.29) is 11.9 Å². The van der Waals surface area contributed by atoms with Crippen molar-refractivity contribution in [2.24, 2.45) is 0 Å². The second-order valence-electron chi connectivity index (χ2n) is 4.09. The van der Waals surface area contributed by atoms with Crippen molar-refractivity contribution in [2.45, 2.75) is 19.4 Å². The Labute approximate surface area is 104 Å². The number of benzene rings is 1. The molecule has 1 aromatic heterocycles. The van der Waals surface area contributed by atoms with Crippen LogP contribution in [0.2, 0.25) is 0 Å². The Balaban J connectivity index is 2.48. The highest BCUT2D eigenvalue weighted by Gasteiger charge is 2.11. The first-order valence-electron chi connectivity index (χ1n) is 5.52. The third kappa shape index (κ3) is 2.40. The summed E-state index contributed by atoms with van der Waals surface area (Å²) >= 11 is 5.27. The molecule has 5 heteroatoms. The van der Waals surface area contributed by atoms with Crippen LogP contribution in [0.25, 0.3) is 11.0 Å². The molecule has 0 spiro atoms. The molecule has 0 aliphatic heterocycles. The first-order valence-corrected chi connectivity index (χ1v) is 5.93. The monoisotopic (exact) mass is 254 g/mol. The van der Waals surface area contributed by atoms with E-state index in [1.165, 1.54) is 12.1 Å². The van der Waals surface area contributed by atoms with E-state index < -0.39 is 0 Å². The molecule has 0 saturated carbocycles. The summed E-state index contributed by atoms with van der Waals surface area (Å²) in [4.78, 5) is 3.08. The molecule has 2 aromatic rings. The number of methoxy groups -OCH3 is 1. The number of H-pyrrole nitrogens is 1. The Morgan fingerprint density at radius 3 is 3.00 bits per heavy atom. The van der Waals surface area contributed by atoms with Crippen LogP contribution in [0.4, 0.5) is 4.39 Å². The average molecular weight is 254 g/mol. The minimum atomic E-state index is -0.251. The van der Waals surface area contributed by atoms with E-state index in [0.717, 1.165) is 17.5 Å². The van der Waals surface area contributed by atoms with Gasteiger partial charge in [0.05, 0.1) is 11.0 Å². The van der Waals surface area contributed by atoms with Gasteiger partial charge < -0.3 is 14.3 Å². The van der Waals surface area contributed by atoms with Gasteiger partial charge in [-0.3, -0.25) is 0 Å². The number of halogens is 1. The smallest absolute Gasteiger partial charge is 0.178 e. The van der Waals surface area contributed by atoms with Crippen LogP contribution in [0.5, 0.6) is 0 Å². The van der Waals surface area contributed by atoms with Crippen molar-refractivity contribution in [1.29, 1.82) is 0 Å². The van der Waals surface area contributed by atoms with Gasteiger partial charge in [-0.15, -0.1) is 0 Å². The van der Waals surface area contributed by atoms with Crippen LogP contribution < -0.4 is 0 Å². The van der Waals surface area contributed by atoms with E-state index in [4.69, 9.17) is 17.0 Å². The zero-order valence-corrected chi connectivity index (χ0v) is 10.7. The Bertz CT molecular complexity index is 575. The van der Waals surface area contributed by atoms with Crippen LogP contribution in [0.1, 0.15) is 19.4 Å². The molecule has 0 aliphatic carbocycles. The summed E-state index contributed by atoms with van der Waals surface area (Å²) in [5.41, 5.74) is 1.67. The number of hydrogen-bond donors (Lipinski definition) is 1. The molecule has 2 rings (SSSR count). The molecular weight excluding hydrogens is 239 g/mol. The number of nitrogens with zero attached hydrogens (tertiary/aromatic N) is 1. The van der Waals surface area contributed by atoms with Gasteiger partial charge in [0.15, 0.2) is 4.77 Å². The number of ether oxygens (including phenoxy) is 1.